The van der Waals surface area contributed by atoms with E-state index >= 15 is 0 Å². The highest BCUT2D eigenvalue weighted by Crippen LogP contribution is 2.27. The number of nitrogen functional groups attached to an aromatic ring is 1. The molecule has 1 fully saturated rings. The summed E-state index contributed by atoms with van der Waals surface area (Å²) in [7, 11) is 0.446. The molecule has 3 atom stereocenters. The van der Waals surface area contributed by atoms with Crippen LogP contribution in [0, 0.1) is 0 Å². The van der Waals surface area contributed by atoms with Gasteiger partial charge in [-0.05, 0) is 31.9 Å². The van der Waals surface area contributed by atoms with Crippen LogP contribution in [0.15, 0.2) is 23.1 Å². The predicted molar refractivity (Wildman–Crippen MR) is 72.3 cm³/mol. The van der Waals surface area contributed by atoms with Gasteiger partial charge in [0.15, 0.2) is 0 Å². The number of ether oxygens (including phenoxy) is 2. The number of benzene rings is 1. The lowest BCUT2D eigenvalue weighted by atomic mass is 10.2. The van der Waals surface area contributed by atoms with E-state index in [1.54, 1.807) is 25.3 Å². The van der Waals surface area contributed by atoms with Gasteiger partial charge in [0.25, 0.3) is 0 Å². The van der Waals surface area contributed by atoms with E-state index in [2.05, 4.69) is 0 Å². The van der Waals surface area contributed by atoms with Crippen LogP contribution in [0.25, 0.3) is 0 Å². The molecule has 1 aliphatic rings. The molecule has 0 aromatic heterocycles. The van der Waals surface area contributed by atoms with Crippen molar-refractivity contribution in [1.82, 2.24) is 0 Å². The van der Waals surface area contributed by atoms with Gasteiger partial charge in [0.1, 0.15) is 5.75 Å². The zero-order valence-corrected chi connectivity index (χ0v) is 11.5. The van der Waals surface area contributed by atoms with Crippen LogP contribution < -0.4 is 10.5 Å². The van der Waals surface area contributed by atoms with Crippen molar-refractivity contribution < 1.29 is 13.7 Å². The van der Waals surface area contributed by atoms with Crippen LogP contribution in [0.2, 0.25) is 0 Å². The van der Waals surface area contributed by atoms with E-state index in [1.807, 2.05) is 6.92 Å². The van der Waals surface area contributed by atoms with E-state index in [9.17, 15) is 4.21 Å². The fraction of sp³-hybridized carbons (Fsp3) is 0.538. The number of hydrogen-bond acceptors (Lipinski definition) is 4. The summed E-state index contributed by atoms with van der Waals surface area (Å²) in [6, 6.07) is 5.21. The number of anilines is 1. The summed E-state index contributed by atoms with van der Waals surface area (Å²) in [5.74, 6) is 1.10. The summed E-state index contributed by atoms with van der Waals surface area (Å²) in [6.45, 7) is 2.05. The maximum Gasteiger partial charge on any atom is 0.137 e. The molecule has 100 valence electrons. The maximum absolute atomic E-state index is 12.3. The molecule has 0 spiro atoms. The molecule has 3 unspecified atom stereocenters. The minimum atomic E-state index is -1.11. The molecule has 4 nitrogen and oxygen atoms in total. The topological polar surface area (TPSA) is 61.5 Å². The first-order chi connectivity index (χ1) is 8.60. The molecule has 1 saturated heterocycles. The highest BCUT2D eigenvalue weighted by atomic mass is 32.2. The molecule has 0 amide bonds. The second-order valence-electron chi connectivity index (χ2n) is 4.57. The first kappa shape index (κ1) is 13.4. The van der Waals surface area contributed by atoms with E-state index < -0.39 is 10.8 Å². The average molecular weight is 269 g/mol. The Kier molecular flexibility index (Phi) is 4.24. The van der Waals surface area contributed by atoms with E-state index in [0.717, 1.165) is 12.8 Å². The maximum atomic E-state index is 12.3. The Morgan fingerprint density at radius 2 is 2.28 bits per heavy atom. The lowest BCUT2D eigenvalue weighted by Gasteiger charge is -2.13. The highest BCUT2D eigenvalue weighted by Gasteiger charge is 2.25. The van der Waals surface area contributed by atoms with Gasteiger partial charge in [0.05, 0.1) is 40.8 Å². The van der Waals surface area contributed by atoms with Crippen LogP contribution in [0.5, 0.6) is 5.75 Å². The summed E-state index contributed by atoms with van der Waals surface area (Å²) < 4.78 is 23.2. The first-order valence-corrected chi connectivity index (χ1v) is 7.39. The van der Waals surface area contributed by atoms with Crippen molar-refractivity contribution in [3.8, 4) is 5.75 Å². The monoisotopic (exact) mass is 269 g/mol. The molecule has 1 aliphatic heterocycles. The van der Waals surface area contributed by atoms with Gasteiger partial charge in [-0.1, -0.05) is 0 Å². The lowest BCUT2D eigenvalue weighted by molar-refractivity contribution is 0.0695. The molecule has 1 aromatic carbocycles. The summed E-state index contributed by atoms with van der Waals surface area (Å²) in [6.07, 6.45) is 2.38. The van der Waals surface area contributed by atoms with Gasteiger partial charge in [0.2, 0.25) is 0 Å². The molecule has 18 heavy (non-hydrogen) atoms. The van der Waals surface area contributed by atoms with Crippen LogP contribution in [0.4, 0.5) is 5.69 Å². The number of nitrogens with two attached hydrogens (primary N) is 1. The van der Waals surface area contributed by atoms with Crippen LogP contribution in [-0.4, -0.2) is 29.3 Å². The number of hydrogen-bond donors (Lipinski definition) is 1. The standard InChI is InChI=1S/C13H19NO3S/c1-9-3-5-11(17-9)8-18(15)13-6-4-10(14)7-12(13)16-2/h4,6-7,9,11H,3,5,8,14H2,1-2H3. The van der Waals surface area contributed by atoms with Crippen molar-refractivity contribution >= 4 is 16.5 Å². The van der Waals surface area contributed by atoms with Crippen molar-refractivity contribution in [2.45, 2.75) is 36.9 Å². The normalized spacial score (nSPS) is 25.0. The fourth-order valence-electron chi connectivity index (χ4n) is 2.14. The zero-order chi connectivity index (χ0) is 13.1. The van der Waals surface area contributed by atoms with Crippen molar-refractivity contribution in [3.63, 3.8) is 0 Å². The molecule has 2 rings (SSSR count). The SMILES string of the molecule is COc1cc(N)ccc1S(=O)CC1CCC(C)O1. The molecular formula is C13H19NO3S. The van der Waals surface area contributed by atoms with E-state index in [0.29, 0.717) is 22.1 Å². The molecule has 0 saturated carbocycles. The molecule has 0 aliphatic carbocycles. The molecular weight excluding hydrogens is 250 g/mol. The average Bonchev–Trinajstić information content (AvgIpc) is 2.74. The third-order valence-corrected chi connectivity index (χ3v) is 4.59. The zero-order valence-electron chi connectivity index (χ0n) is 10.7. The Labute approximate surface area is 110 Å². The molecule has 1 heterocycles. The second-order valence-corrected chi connectivity index (χ2v) is 6.03. The van der Waals surface area contributed by atoms with Crippen LogP contribution >= 0.6 is 0 Å². The van der Waals surface area contributed by atoms with Gasteiger partial charge in [0, 0.05) is 11.8 Å². The smallest absolute Gasteiger partial charge is 0.137 e. The van der Waals surface area contributed by atoms with Gasteiger partial charge in [-0.2, -0.15) is 0 Å². The first-order valence-electron chi connectivity index (χ1n) is 6.07. The molecule has 0 bridgehead atoms. The third-order valence-electron chi connectivity index (χ3n) is 3.09. The summed E-state index contributed by atoms with van der Waals surface area (Å²) in [5, 5.41) is 0. The predicted octanol–water partition coefficient (Wildman–Crippen LogP) is 1.95. The Balaban J connectivity index is 2.09. The van der Waals surface area contributed by atoms with Crippen molar-refractivity contribution in [3.05, 3.63) is 18.2 Å². The summed E-state index contributed by atoms with van der Waals surface area (Å²) in [4.78, 5) is 0.690. The highest BCUT2D eigenvalue weighted by molar-refractivity contribution is 7.85. The Hall–Kier alpha value is -1.07. The Morgan fingerprint density at radius 1 is 1.50 bits per heavy atom. The Morgan fingerprint density at radius 3 is 2.89 bits per heavy atom. The van der Waals surface area contributed by atoms with Crippen LogP contribution in [0.3, 0.4) is 0 Å². The molecule has 0 radical (unpaired) electrons. The minimum Gasteiger partial charge on any atom is -0.495 e. The van der Waals surface area contributed by atoms with Gasteiger partial charge >= 0.3 is 0 Å². The number of rotatable bonds is 4. The van der Waals surface area contributed by atoms with Crippen LogP contribution in [-0.2, 0) is 15.5 Å². The van der Waals surface area contributed by atoms with Crippen molar-refractivity contribution in [2.24, 2.45) is 0 Å². The Bertz CT molecular complexity index is 450. The van der Waals surface area contributed by atoms with Crippen LogP contribution in [0.1, 0.15) is 19.8 Å². The van der Waals surface area contributed by atoms with Gasteiger partial charge in [-0.15, -0.1) is 0 Å². The van der Waals surface area contributed by atoms with E-state index in [4.69, 9.17) is 15.2 Å². The fourth-order valence-corrected chi connectivity index (χ4v) is 3.49. The second kappa shape index (κ2) is 5.71. The third kappa shape index (κ3) is 3.03. The molecule has 2 N–H and O–H groups in total. The van der Waals surface area contributed by atoms with E-state index in [1.165, 1.54) is 0 Å². The van der Waals surface area contributed by atoms with Gasteiger partial charge in [-0.3, -0.25) is 4.21 Å². The quantitative estimate of drug-likeness (QED) is 0.849. The minimum absolute atomic E-state index is 0.0862. The number of methoxy groups -OCH3 is 1. The van der Waals surface area contributed by atoms with E-state index in [-0.39, 0.29) is 12.2 Å². The molecule has 1 aromatic rings. The van der Waals surface area contributed by atoms with Gasteiger partial charge < -0.3 is 15.2 Å². The largest absolute Gasteiger partial charge is 0.495 e. The summed E-state index contributed by atoms with van der Waals surface area (Å²) >= 11 is 0. The van der Waals surface area contributed by atoms with Gasteiger partial charge in [-0.25, -0.2) is 0 Å². The van der Waals surface area contributed by atoms with Crippen molar-refractivity contribution in [2.75, 3.05) is 18.6 Å². The molecule has 5 heteroatoms. The lowest BCUT2D eigenvalue weighted by Crippen LogP contribution is -2.17. The summed E-state index contributed by atoms with van der Waals surface area (Å²) in [5.41, 5.74) is 6.29. The van der Waals surface area contributed by atoms with Crippen molar-refractivity contribution in [1.29, 1.82) is 0 Å².